The van der Waals surface area contributed by atoms with Crippen molar-refractivity contribution in [1.29, 1.82) is 0 Å². The largest absolute Gasteiger partial charge is 0.330 e. The summed E-state index contributed by atoms with van der Waals surface area (Å²) in [5, 5.41) is 14.4. The molecule has 2 aromatic carbocycles. The highest BCUT2D eigenvalue weighted by Gasteiger charge is 2.27. The number of fused-ring (bicyclic) bond motifs is 1. The summed E-state index contributed by atoms with van der Waals surface area (Å²) in [6.45, 7) is 1.82. The van der Waals surface area contributed by atoms with Gasteiger partial charge >= 0.3 is 0 Å². The van der Waals surface area contributed by atoms with E-state index in [0.29, 0.717) is 20.7 Å². The van der Waals surface area contributed by atoms with Crippen LogP contribution in [-0.4, -0.2) is 27.6 Å². The summed E-state index contributed by atoms with van der Waals surface area (Å²) in [5.74, 6) is -0.482. The number of thioether (sulfide) groups is 1. The minimum Gasteiger partial charge on any atom is -0.330 e. The quantitative estimate of drug-likeness (QED) is 0.458. The Morgan fingerprint density at radius 2 is 2.14 bits per heavy atom. The Labute approximate surface area is 168 Å². The zero-order chi connectivity index (χ0) is 19.7. The van der Waals surface area contributed by atoms with E-state index < -0.39 is 0 Å². The van der Waals surface area contributed by atoms with Crippen LogP contribution in [-0.2, 0) is 4.79 Å². The third-order valence-electron chi connectivity index (χ3n) is 4.30. The molecule has 3 aromatic rings. The first-order chi connectivity index (χ1) is 13.5. The van der Waals surface area contributed by atoms with E-state index in [1.165, 1.54) is 35.2 Å². The van der Waals surface area contributed by atoms with Gasteiger partial charge in [-0.05, 0) is 48.9 Å². The number of aromatic nitrogens is 2. The molecule has 0 unspecified atom stereocenters. The van der Waals surface area contributed by atoms with E-state index in [0.717, 1.165) is 11.3 Å². The van der Waals surface area contributed by atoms with Gasteiger partial charge in [-0.25, -0.2) is 4.39 Å². The van der Waals surface area contributed by atoms with Gasteiger partial charge in [-0.3, -0.25) is 9.59 Å². The van der Waals surface area contributed by atoms with Crippen molar-refractivity contribution >= 4 is 51.3 Å². The number of halogens is 1. The van der Waals surface area contributed by atoms with Gasteiger partial charge in [-0.2, -0.15) is 0 Å². The van der Waals surface area contributed by atoms with Gasteiger partial charge < -0.3 is 10.6 Å². The average molecular weight is 414 g/mol. The smallest absolute Gasteiger partial charge is 0.231 e. The number of hydrogen-bond acceptors (Lipinski definition) is 7. The molecule has 0 saturated carbocycles. The van der Waals surface area contributed by atoms with E-state index in [1.807, 2.05) is 6.92 Å². The fraction of sp³-hybridized carbons (Fsp3) is 0.158. The third kappa shape index (κ3) is 3.90. The van der Waals surface area contributed by atoms with Crippen LogP contribution in [0.15, 0.2) is 46.8 Å². The second-order valence-electron chi connectivity index (χ2n) is 6.23. The highest BCUT2D eigenvalue weighted by atomic mass is 32.2. The summed E-state index contributed by atoms with van der Waals surface area (Å²) in [6, 6.07) is 11.3. The lowest BCUT2D eigenvalue weighted by Gasteiger charge is -2.05. The molecule has 0 bridgehead atoms. The van der Waals surface area contributed by atoms with E-state index in [-0.39, 0.29) is 29.2 Å². The number of ketones is 1. The third-order valence-corrected chi connectivity index (χ3v) is 6.27. The first kappa shape index (κ1) is 18.6. The maximum Gasteiger partial charge on any atom is 0.231 e. The van der Waals surface area contributed by atoms with Gasteiger partial charge in [0.25, 0.3) is 0 Å². The van der Waals surface area contributed by atoms with Crippen molar-refractivity contribution in [2.24, 2.45) is 0 Å². The van der Waals surface area contributed by atoms with Crippen molar-refractivity contribution in [3.63, 3.8) is 0 Å². The molecule has 0 radical (unpaired) electrons. The number of Topliss-reactive ketones (excluding diaryl/α,β-unsaturated/α-hetero) is 1. The van der Waals surface area contributed by atoms with Crippen LogP contribution in [0, 0.1) is 5.82 Å². The fourth-order valence-electron chi connectivity index (χ4n) is 2.81. The number of rotatable bonds is 6. The van der Waals surface area contributed by atoms with Crippen LogP contribution in [0.5, 0.6) is 0 Å². The van der Waals surface area contributed by atoms with Crippen molar-refractivity contribution in [2.45, 2.75) is 17.2 Å². The zero-order valence-corrected chi connectivity index (χ0v) is 16.4. The Morgan fingerprint density at radius 3 is 2.96 bits per heavy atom. The van der Waals surface area contributed by atoms with Crippen LogP contribution < -0.4 is 10.6 Å². The summed E-state index contributed by atoms with van der Waals surface area (Å²) >= 11 is 2.58. The number of amides is 1. The maximum absolute atomic E-state index is 13.2. The Balaban J connectivity index is 1.38. The van der Waals surface area contributed by atoms with Gasteiger partial charge in [0.15, 0.2) is 10.1 Å². The lowest BCUT2D eigenvalue weighted by atomic mass is 9.99. The molecule has 1 atom stereocenters. The van der Waals surface area contributed by atoms with E-state index in [9.17, 15) is 14.0 Å². The SMILES string of the molecule is C[C@@H]1C(=O)Nc2ccc(C(=O)CSc3nnc(Nc4cccc(F)c4)s3)cc21. The molecule has 2 N–H and O–H groups in total. The van der Waals surface area contributed by atoms with Crippen molar-refractivity contribution in [2.75, 3.05) is 16.4 Å². The number of nitrogens with one attached hydrogen (secondary N) is 2. The Morgan fingerprint density at radius 1 is 1.29 bits per heavy atom. The molecule has 4 rings (SSSR count). The number of nitrogens with zero attached hydrogens (tertiary/aromatic N) is 2. The van der Waals surface area contributed by atoms with Crippen molar-refractivity contribution in [1.82, 2.24) is 10.2 Å². The first-order valence-electron chi connectivity index (χ1n) is 8.46. The zero-order valence-electron chi connectivity index (χ0n) is 14.7. The molecule has 0 aliphatic carbocycles. The van der Waals surface area contributed by atoms with Crippen molar-refractivity contribution in [3.05, 3.63) is 59.4 Å². The minimum absolute atomic E-state index is 0.0470. The second kappa shape index (κ2) is 7.69. The van der Waals surface area contributed by atoms with Gasteiger partial charge in [-0.15, -0.1) is 10.2 Å². The average Bonchev–Trinajstić information content (AvgIpc) is 3.24. The Hall–Kier alpha value is -2.78. The lowest BCUT2D eigenvalue weighted by molar-refractivity contribution is -0.116. The minimum atomic E-state index is -0.338. The summed E-state index contributed by atoms with van der Waals surface area (Å²) in [4.78, 5) is 24.2. The molecule has 142 valence electrons. The van der Waals surface area contributed by atoms with Crippen LogP contribution in [0.4, 0.5) is 20.9 Å². The molecule has 1 aliphatic heterocycles. The lowest BCUT2D eigenvalue weighted by Crippen LogP contribution is -2.08. The molecule has 1 amide bonds. The highest BCUT2D eigenvalue weighted by Crippen LogP contribution is 2.33. The normalized spacial score (nSPS) is 15.2. The standard InChI is InChI=1S/C19H15FN4O2S2/c1-10-14-7-11(5-6-15(14)22-17(10)26)16(25)9-27-19-24-23-18(28-19)21-13-4-2-3-12(20)8-13/h2-8,10H,9H2,1H3,(H,21,23)(H,22,26)/t10-/m0/s1. The predicted molar refractivity (Wildman–Crippen MR) is 108 cm³/mol. The fourth-order valence-corrected chi connectivity index (χ4v) is 4.48. The molecule has 2 heterocycles. The van der Waals surface area contributed by atoms with E-state index in [1.54, 1.807) is 30.3 Å². The van der Waals surface area contributed by atoms with Crippen molar-refractivity contribution in [3.8, 4) is 0 Å². The van der Waals surface area contributed by atoms with E-state index in [2.05, 4.69) is 20.8 Å². The number of carbonyl (C=O) groups is 2. The number of anilines is 3. The molecule has 1 aliphatic rings. The number of hydrogen-bond donors (Lipinski definition) is 2. The van der Waals surface area contributed by atoms with Gasteiger partial charge in [0.05, 0.1) is 11.7 Å². The molecule has 0 saturated heterocycles. The molecule has 0 spiro atoms. The summed E-state index contributed by atoms with van der Waals surface area (Å²) in [6.07, 6.45) is 0. The first-order valence-corrected chi connectivity index (χ1v) is 10.3. The monoisotopic (exact) mass is 414 g/mol. The summed E-state index contributed by atoms with van der Waals surface area (Å²) in [5.41, 5.74) is 2.76. The number of carbonyl (C=O) groups excluding carboxylic acids is 2. The van der Waals surface area contributed by atoms with Gasteiger partial charge in [0.2, 0.25) is 11.0 Å². The van der Waals surface area contributed by atoms with E-state index in [4.69, 9.17) is 0 Å². The Kier molecular flexibility index (Phi) is 5.10. The molecule has 6 nitrogen and oxygen atoms in total. The molecular weight excluding hydrogens is 399 g/mol. The van der Waals surface area contributed by atoms with Crippen LogP contribution in [0.1, 0.15) is 28.8 Å². The van der Waals surface area contributed by atoms with Crippen LogP contribution in [0.2, 0.25) is 0 Å². The summed E-state index contributed by atoms with van der Waals surface area (Å²) < 4.78 is 13.9. The van der Waals surface area contributed by atoms with Gasteiger partial charge in [0, 0.05) is 16.9 Å². The predicted octanol–water partition coefficient (Wildman–Crippen LogP) is 4.45. The van der Waals surface area contributed by atoms with Gasteiger partial charge in [0.1, 0.15) is 5.82 Å². The second-order valence-corrected chi connectivity index (χ2v) is 8.43. The molecule has 0 fully saturated rings. The van der Waals surface area contributed by atoms with Crippen LogP contribution in [0.3, 0.4) is 0 Å². The highest BCUT2D eigenvalue weighted by molar-refractivity contribution is 8.01. The van der Waals surface area contributed by atoms with Crippen LogP contribution >= 0.6 is 23.1 Å². The van der Waals surface area contributed by atoms with Crippen LogP contribution in [0.25, 0.3) is 0 Å². The Bertz CT molecular complexity index is 1070. The topological polar surface area (TPSA) is 84.0 Å². The maximum atomic E-state index is 13.2. The summed E-state index contributed by atoms with van der Waals surface area (Å²) in [7, 11) is 0. The molecular formula is C19H15FN4O2S2. The molecule has 1 aromatic heterocycles. The van der Waals surface area contributed by atoms with Gasteiger partial charge in [-0.1, -0.05) is 29.2 Å². The van der Waals surface area contributed by atoms with Crippen molar-refractivity contribution < 1.29 is 14.0 Å². The van der Waals surface area contributed by atoms with E-state index >= 15 is 0 Å². The molecule has 28 heavy (non-hydrogen) atoms. The molecule has 9 heteroatoms. The number of benzene rings is 2.